The predicted molar refractivity (Wildman–Crippen MR) is 59.0 cm³/mol. The average molecular weight is 201 g/mol. The number of benzene rings is 2. The molecule has 2 N–H and O–H groups in total. The van der Waals surface area contributed by atoms with Crippen molar-refractivity contribution in [1.29, 1.82) is 0 Å². The molecule has 0 radical (unpaired) electrons. The lowest BCUT2D eigenvalue weighted by atomic mass is 9.97. The fourth-order valence-corrected chi connectivity index (χ4v) is 2.10. The number of hydrogen-bond acceptors (Lipinski definition) is 1. The molecular formula is C13H12FN. The standard InChI is InChI=1S/C13H12FN/c14-12-6-5-11(13(15)7-8-13)9-3-1-2-4-10(9)12/h1-6H,7-8,15H2. The molecule has 0 bridgehead atoms. The van der Waals surface area contributed by atoms with Gasteiger partial charge in [-0.3, -0.25) is 0 Å². The molecule has 2 aromatic carbocycles. The largest absolute Gasteiger partial charge is 0.321 e. The smallest absolute Gasteiger partial charge is 0.131 e. The maximum Gasteiger partial charge on any atom is 0.131 e. The lowest BCUT2D eigenvalue weighted by Crippen LogP contribution is -2.19. The van der Waals surface area contributed by atoms with E-state index in [1.54, 1.807) is 6.07 Å². The Morgan fingerprint density at radius 1 is 1.00 bits per heavy atom. The molecule has 0 unspecified atom stereocenters. The highest BCUT2D eigenvalue weighted by atomic mass is 19.1. The summed E-state index contributed by atoms with van der Waals surface area (Å²) >= 11 is 0. The van der Waals surface area contributed by atoms with E-state index in [2.05, 4.69) is 0 Å². The van der Waals surface area contributed by atoms with Gasteiger partial charge in [0.05, 0.1) is 0 Å². The number of nitrogens with two attached hydrogens (primary N) is 1. The average Bonchev–Trinajstić information content (AvgIpc) is 2.98. The molecule has 1 fully saturated rings. The molecule has 2 heteroatoms. The summed E-state index contributed by atoms with van der Waals surface area (Å²) in [6.45, 7) is 0. The lowest BCUT2D eigenvalue weighted by molar-refractivity contribution is 0.637. The van der Waals surface area contributed by atoms with Crippen molar-refractivity contribution < 1.29 is 4.39 Å². The summed E-state index contributed by atoms with van der Waals surface area (Å²) < 4.78 is 13.5. The first-order chi connectivity index (χ1) is 7.21. The van der Waals surface area contributed by atoms with Gasteiger partial charge in [0.1, 0.15) is 5.82 Å². The zero-order chi connectivity index (χ0) is 10.5. The van der Waals surface area contributed by atoms with E-state index in [4.69, 9.17) is 5.73 Å². The zero-order valence-corrected chi connectivity index (χ0v) is 8.33. The van der Waals surface area contributed by atoms with Crippen molar-refractivity contribution in [2.45, 2.75) is 18.4 Å². The minimum atomic E-state index is -0.201. The maximum atomic E-state index is 13.5. The summed E-state index contributed by atoms with van der Waals surface area (Å²) in [4.78, 5) is 0. The van der Waals surface area contributed by atoms with Crippen molar-refractivity contribution in [3.8, 4) is 0 Å². The second-order valence-electron chi connectivity index (χ2n) is 4.30. The van der Waals surface area contributed by atoms with Crippen LogP contribution in [-0.4, -0.2) is 0 Å². The second-order valence-corrected chi connectivity index (χ2v) is 4.30. The first-order valence-electron chi connectivity index (χ1n) is 5.17. The quantitative estimate of drug-likeness (QED) is 0.754. The molecule has 1 nitrogen and oxygen atoms in total. The molecule has 0 atom stereocenters. The lowest BCUT2D eigenvalue weighted by Gasteiger charge is -2.13. The van der Waals surface area contributed by atoms with Gasteiger partial charge in [-0.2, -0.15) is 0 Å². The minimum absolute atomic E-state index is 0.168. The molecule has 0 aliphatic heterocycles. The summed E-state index contributed by atoms with van der Waals surface area (Å²) in [5, 5.41) is 1.63. The highest BCUT2D eigenvalue weighted by molar-refractivity contribution is 5.87. The minimum Gasteiger partial charge on any atom is -0.321 e. The Morgan fingerprint density at radius 2 is 1.67 bits per heavy atom. The van der Waals surface area contributed by atoms with Crippen molar-refractivity contribution in [2.75, 3.05) is 0 Å². The van der Waals surface area contributed by atoms with Crippen LogP contribution < -0.4 is 5.73 Å². The number of hydrogen-bond donors (Lipinski definition) is 1. The van der Waals surface area contributed by atoms with Crippen LogP contribution >= 0.6 is 0 Å². The number of rotatable bonds is 1. The van der Waals surface area contributed by atoms with Crippen LogP contribution in [0.1, 0.15) is 18.4 Å². The van der Waals surface area contributed by atoms with Gasteiger partial charge in [-0.1, -0.05) is 30.3 Å². The van der Waals surface area contributed by atoms with Crippen molar-refractivity contribution in [2.24, 2.45) is 5.73 Å². The molecule has 0 aromatic heterocycles. The highest BCUT2D eigenvalue weighted by Gasteiger charge is 2.41. The Balaban J connectivity index is 2.36. The normalized spacial score (nSPS) is 18.0. The van der Waals surface area contributed by atoms with Crippen LogP contribution in [0.2, 0.25) is 0 Å². The van der Waals surface area contributed by atoms with E-state index in [0.717, 1.165) is 23.8 Å². The fourth-order valence-electron chi connectivity index (χ4n) is 2.10. The zero-order valence-electron chi connectivity index (χ0n) is 8.33. The van der Waals surface area contributed by atoms with E-state index in [0.29, 0.717) is 5.39 Å². The molecule has 2 aromatic rings. The molecule has 0 spiro atoms. The third kappa shape index (κ3) is 1.25. The van der Waals surface area contributed by atoms with Gasteiger partial charge >= 0.3 is 0 Å². The Morgan fingerprint density at radius 3 is 2.33 bits per heavy atom. The van der Waals surface area contributed by atoms with Crippen LogP contribution in [0.4, 0.5) is 4.39 Å². The van der Waals surface area contributed by atoms with E-state index in [1.807, 2.05) is 24.3 Å². The maximum absolute atomic E-state index is 13.5. The first kappa shape index (κ1) is 8.86. The van der Waals surface area contributed by atoms with E-state index in [-0.39, 0.29) is 11.4 Å². The third-order valence-electron chi connectivity index (χ3n) is 3.20. The summed E-state index contributed by atoms with van der Waals surface area (Å²) in [5.74, 6) is -0.168. The van der Waals surface area contributed by atoms with Crippen LogP contribution in [0.15, 0.2) is 36.4 Å². The van der Waals surface area contributed by atoms with Gasteiger partial charge in [0.15, 0.2) is 0 Å². The van der Waals surface area contributed by atoms with Gasteiger partial charge in [0, 0.05) is 10.9 Å². The van der Waals surface area contributed by atoms with E-state index >= 15 is 0 Å². The molecule has 1 saturated carbocycles. The number of halogens is 1. The van der Waals surface area contributed by atoms with E-state index < -0.39 is 0 Å². The topological polar surface area (TPSA) is 26.0 Å². The Bertz CT molecular complexity index is 529. The fraction of sp³-hybridized carbons (Fsp3) is 0.231. The molecule has 15 heavy (non-hydrogen) atoms. The molecular weight excluding hydrogens is 189 g/mol. The molecule has 0 amide bonds. The van der Waals surface area contributed by atoms with E-state index in [9.17, 15) is 4.39 Å². The summed E-state index contributed by atoms with van der Waals surface area (Å²) in [6, 6.07) is 10.9. The van der Waals surface area contributed by atoms with Crippen LogP contribution in [0.25, 0.3) is 10.8 Å². The molecule has 0 heterocycles. The van der Waals surface area contributed by atoms with Crippen molar-refractivity contribution in [3.05, 3.63) is 47.8 Å². The molecule has 3 rings (SSSR count). The van der Waals surface area contributed by atoms with E-state index in [1.165, 1.54) is 6.07 Å². The van der Waals surface area contributed by atoms with Gasteiger partial charge in [0.2, 0.25) is 0 Å². The molecule has 76 valence electrons. The SMILES string of the molecule is NC1(c2ccc(F)c3ccccc23)CC1. The second kappa shape index (κ2) is 2.80. The summed E-state index contributed by atoms with van der Waals surface area (Å²) in [5.41, 5.74) is 7.04. The Kier molecular flexibility index (Phi) is 1.65. The first-order valence-corrected chi connectivity index (χ1v) is 5.17. The van der Waals surface area contributed by atoms with Gasteiger partial charge in [-0.25, -0.2) is 4.39 Å². The highest BCUT2D eigenvalue weighted by Crippen LogP contribution is 2.45. The van der Waals surface area contributed by atoms with Crippen LogP contribution in [-0.2, 0) is 5.54 Å². The Hall–Kier alpha value is -1.41. The number of fused-ring (bicyclic) bond motifs is 1. The summed E-state index contributed by atoms with van der Waals surface area (Å²) in [7, 11) is 0. The molecule has 1 aliphatic carbocycles. The van der Waals surface area contributed by atoms with Gasteiger partial charge < -0.3 is 5.73 Å². The van der Waals surface area contributed by atoms with Gasteiger partial charge in [-0.15, -0.1) is 0 Å². The third-order valence-corrected chi connectivity index (χ3v) is 3.20. The molecule has 0 saturated heterocycles. The van der Waals surface area contributed by atoms with Crippen LogP contribution in [0.5, 0.6) is 0 Å². The Labute approximate surface area is 87.7 Å². The van der Waals surface area contributed by atoms with Crippen LogP contribution in [0.3, 0.4) is 0 Å². The van der Waals surface area contributed by atoms with Crippen molar-refractivity contribution >= 4 is 10.8 Å². The summed E-state index contributed by atoms with van der Waals surface area (Å²) in [6.07, 6.45) is 2.01. The van der Waals surface area contributed by atoms with Crippen molar-refractivity contribution in [1.82, 2.24) is 0 Å². The molecule has 1 aliphatic rings. The van der Waals surface area contributed by atoms with Gasteiger partial charge in [-0.05, 0) is 29.9 Å². The monoisotopic (exact) mass is 201 g/mol. The van der Waals surface area contributed by atoms with Crippen LogP contribution in [0, 0.1) is 5.82 Å². The van der Waals surface area contributed by atoms with Crippen molar-refractivity contribution in [3.63, 3.8) is 0 Å². The predicted octanol–water partition coefficient (Wildman–Crippen LogP) is 2.93. The van der Waals surface area contributed by atoms with Gasteiger partial charge in [0.25, 0.3) is 0 Å².